The Bertz CT molecular complexity index is 175. The van der Waals surface area contributed by atoms with E-state index in [1.807, 2.05) is 21.6 Å². The van der Waals surface area contributed by atoms with Gasteiger partial charge < -0.3 is 9.47 Å². The molecule has 0 aromatic rings. The average molecular weight is 327 g/mol. The summed E-state index contributed by atoms with van der Waals surface area (Å²) >= 11 is 0. The first kappa shape index (κ1) is 19.1. The van der Waals surface area contributed by atoms with Crippen LogP contribution in [0.15, 0.2) is 0 Å². The van der Waals surface area contributed by atoms with Crippen molar-refractivity contribution in [3.8, 4) is 0 Å². The van der Waals surface area contributed by atoms with Crippen LogP contribution in [0.25, 0.3) is 0 Å². The van der Waals surface area contributed by atoms with E-state index in [1.54, 1.807) is 0 Å². The third-order valence-corrected chi connectivity index (χ3v) is 12.4. The lowest BCUT2D eigenvalue weighted by Gasteiger charge is -2.24. The van der Waals surface area contributed by atoms with Crippen molar-refractivity contribution in [2.75, 3.05) is 13.2 Å². The van der Waals surface area contributed by atoms with Gasteiger partial charge in [0, 0.05) is 13.2 Å². The minimum atomic E-state index is -0.755. The van der Waals surface area contributed by atoms with Crippen molar-refractivity contribution < 1.29 is 9.47 Å². The second kappa shape index (κ2) is 11.8. The first-order valence-corrected chi connectivity index (χ1v) is 15.3. The fourth-order valence-corrected chi connectivity index (χ4v) is 10.7. The van der Waals surface area contributed by atoms with Gasteiger partial charge in [-0.25, -0.2) is 0 Å². The lowest BCUT2D eigenvalue weighted by Crippen LogP contribution is -2.27. The summed E-state index contributed by atoms with van der Waals surface area (Å²) in [7, 11) is 2.34. The summed E-state index contributed by atoms with van der Waals surface area (Å²) in [6.07, 6.45) is 2.22. The number of ether oxygens (including phenoxy) is 2. The lowest BCUT2D eigenvalue weighted by atomic mass is 10.5. The molecule has 0 radical (unpaired) electrons. The van der Waals surface area contributed by atoms with Gasteiger partial charge in [-0.3, -0.25) is 0 Å². The van der Waals surface area contributed by atoms with Gasteiger partial charge in [0.1, 0.15) is 0 Å². The van der Waals surface area contributed by atoms with Gasteiger partial charge in [0.25, 0.3) is 0 Å². The van der Waals surface area contributed by atoms with Gasteiger partial charge in [0.2, 0.25) is 0 Å². The topological polar surface area (TPSA) is 18.5 Å². The van der Waals surface area contributed by atoms with E-state index >= 15 is 0 Å². The molecule has 18 heavy (non-hydrogen) atoms. The van der Waals surface area contributed by atoms with Crippen molar-refractivity contribution in [3.05, 3.63) is 0 Å². The van der Waals surface area contributed by atoms with E-state index < -0.39 is 17.6 Å². The molecule has 0 aliphatic rings. The molecule has 0 aliphatic heterocycles. The molecule has 0 rings (SSSR count). The minimum Gasteiger partial charge on any atom is -0.371 e. The highest BCUT2D eigenvalue weighted by Gasteiger charge is 2.21. The predicted molar refractivity (Wildman–Crippen MR) is 93.0 cm³/mol. The zero-order valence-electron chi connectivity index (χ0n) is 12.8. The summed E-state index contributed by atoms with van der Waals surface area (Å²) in [5.74, 6) is 0. The highest BCUT2D eigenvalue weighted by molar-refractivity contribution is 8.77. The van der Waals surface area contributed by atoms with Crippen molar-refractivity contribution in [3.63, 3.8) is 0 Å². The normalized spacial score (nSPS) is 15.3. The Hall–Kier alpha value is 1.05. The van der Waals surface area contributed by atoms with Crippen LogP contribution in [0.2, 0.25) is 26.2 Å². The van der Waals surface area contributed by atoms with E-state index in [2.05, 4.69) is 40.0 Å². The molecule has 6 heteroatoms. The van der Waals surface area contributed by atoms with Gasteiger partial charge in [0.15, 0.2) is 0 Å². The molecule has 0 aromatic carbocycles. The number of hydrogen-bond donors (Lipinski definition) is 0. The Morgan fingerprint density at radius 1 is 0.778 bits per heavy atom. The van der Waals surface area contributed by atoms with E-state index in [0.29, 0.717) is 10.1 Å². The maximum atomic E-state index is 5.95. The van der Waals surface area contributed by atoms with Crippen LogP contribution in [0.3, 0.4) is 0 Å². The van der Waals surface area contributed by atoms with Crippen LogP contribution < -0.4 is 0 Å². The molecule has 0 fully saturated rings. The van der Waals surface area contributed by atoms with E-state index in [-0.39, 0.29) is 0 Å². The molecule has 2 atom stereocenters. The predicted octanol–water partition coefficient (Wildman–Crippen LogP) is 3.93. The van der Waals surface area contributed by atoms with E-state index in [4.69, 9.17) is 9.47 Å². The summed E-state index contributed by atoms with van der Waals surface area (Å²) < 4.78 is 11.9. The molecule has 110 valence electrons. The molecule has 0 amide bonds. The summed E-state index contributed by atoms with van der Waals surface area (Å²) in [4.78, 5) is 0. The molecule has 0 spiro atoms. The smallest absolute Gasteiger partial charge is 0.0975 e. The van der Waals surface area contributed by atoms with Gasteiger partial charge >= 0.3 is 0 Å². The third-order valence-electron chi connectivity index (χ3n) is 2.31. The van der Waals surface area contributed by atoms with Crippen LogP contribution in [0.5, 0.6) is 0 Å². The van der Waals surface area contributed by atoms with Gasteiger partial charge in [-0.05, 0) is 12.8 Å². The van der Waals surface area contributed by atoms with Crippen molar-refractivity contribution >= 4 is 39.2 Å². The molecule has 0 aliphatic carbocycles. The van der Waals surface area contributed by atoms with Gasteiger partial charge in [-0.2, -0.15) is 0 Å². The average Bonchev–Trinajstić information content (AvgIpc) is 2.31. The van der Waals surface area contributed by atoms with E-state index in [1.165, 1.54) is 0 Å². The fourth-order valence-electron chi connectivity index (χ4n) is 1.24. The zero-order chi connectivity index (χ0) is 14.0. The second-order valence-electron chi connectivity index (χ2n) is 5.16. The first-order chi connectivity index (χ1) is 8.52. The van der Waals surface area contributed by atoms with Crippen LogP contribution >= 0.6 is 21.6 Å². The Morgan fingerprint density at radius 3 is 1.33 bits per heavy atom. The Balaban J connectivity index is 4.10. The Morgan fingerprint density at radius 2 is 1.11 bits per heavy atom. The summed E-state index contributed by atoms with van der Waals surface area (Å²) in [5.41, 5.74) is 0. The highest BCUT2D eigenvalue weighted by atomic mass is 33.1. The second-order valence-corrected chi connectivity index (χ2v) is 14.8. The van der Waals surface area contributed by atoms with Crippen molar-refractivity contribution in [1.82, 2.24) is 0 Å². The number of rotatable bonds is 11. The molecule has 0 saturated carbocycles. The van der Waals surface area contributed by atoms with Gasteiger partial charge in [-0.1, -0.05) is 61.6 Å². The summed E-state index contributed by atoms with van der Waals surface area (Å²) in [5, 5.41) is 0.853. The Labute approximate surface area is 125 Å². The lowest BCUT2D eigenvalue weighted by molar-refractivity contribution is 0.153. The summed E-state index contributed by atoms with van der Waals surface area (Å²) in [6, 6.07) is 0. The Kier molecular flexibility index (Phi) is 12.5. The van der Waals surface area contributed by atoms with Crippen LogP contribution in [0.4, 0.5) is 0 Å². The van der Waals surface area contributed by atoms with Crippen LogP contribution in [-0.4, -0.2) is 40.9 Å². The largest absolute Gasteiger partial charge is 0.371 e. The number of hydrogen-bond acceptors (Lipinski definition) is 4. The van der Waals surface area contributed by atoms with Crippen molar-refractivity contribution in [2.45, 2.75) is 63.0 Å². The monoisotopic (exact) mass is 326 g/mol. The van der Waals surface area contributed by atoms with Gasteiger partial charge in [0.05, 0.1) is 27.7 Å². The highest BCUT2D eigenvalue weighted by Crippen LogP contribution is 2.34. The molecular weight excluding hydrogens is 296 g/mol. The van der Waals surface area contributed by atoms with E-state index in [9.17, 15) is 0 Å². The molecule has 0 aromatic heterocycles. The molecule has 0 saturated heterocycles. The third kappa shape index (κ3) is 9.04. The van der Waals surface area contributed by atoms with Gasteiger partial charge in [-0.15, -0.1) is 0 Å². The zero-order valence-corrected chi connectivity index (χ0v) is 16.7. The molecule has 2 nitrogen and oxygen atoms in total. The molecule has 2 unspecified atom stereocenters. The molecule has 0 N–H and O–H groups in total. The van der Waals surface area contributed by atoms with Crippen LogP contribution in [0, 0.1) is 0 Å². The maximum absolute atomic E-state index is 5.95. The summed E-state index contributed by atoms with van der Waals surface area (Å²) in [6.45, 7) is 15.6. The van der Waals surface area contributed by atoms with Crippen molar-refractivity contribution in [2.24, 2.45) is 0 Å². The molecule has 0 heterocycles. The maximum Gasteiger partial charge on any atom is 0.0975 e. The fraction of sp³-hybridized carbons (Fsp3) is 1.00. The first-order valence-electron chi connectivity index (χ1n) is 7.08. The van der Waals surface area contributed by atoms with E-state index in [0.717, 1.165) is 26.1 Å². The molecule has 0 bridgehead atoms. The van der Waals surface area contributed by atoms with Crippen LogP contribution in [-0.2, 0) is 9.47 Å². The van der Waals surface area contributed by atoms with Crippen LogP contribution in [0.1, 0.15) is 26.7 Å². The van der Waals surface area contributed by atoms with Crippen molar-refractivity contribution in [1.29, 1.82) is 0 Å². The molecular formula is C12H30O2S2Si2. The minimum absolute atomic E-state index is 0.426. The standard InChI is InChI=1S/C12H30O2S2Si2/c1-7-9-13-11(17(3)4)15-16-12(18(5)6)14-10-8-2/h11-12,17-18H,7-10H2,1-6H3. The SMILES string of the molecule is CCCOC(SSC(OCCC)[SiH](C)C)[SiH](C)C. The quantitative estimate of drug-likeness (QED) is 0.325.